The number of carbonyl (C=O) groups is 2. The van der Waals surface area contributed by atoms with Gasteiger partial charge in [0.1, 0.15) is 5.57 Å². The second-order valence-corrected chi connectivity index (χ2v) is 6.50. The minimum atomic E-state index is -3.10. The number of allylic oxidation sites excluding steroid dienone is 1. The summed E-state index contributed by atoms with van der Waals surface area (Å²) in [6.07, 6.45) is 1.44. The van der Waals surface area contributed by atoms with Crippen molar-refractivity contribution in [2.45, 2.75) is 19.5 Å². The lowest BCUT2D eigenvalue weighted by atomic mass is 10.00. The maximum Gasteiger partial charge on any atom is 0.387 e. The number of hydrogen-bond donors (Lipinski definition) is 2. The molecule has 1 fully saturated rings. The molecule has 0 aromatic heterocycles. The van der Waals surface area contributed by atoms with E-state index in [4.69, 9.17) is 5.73 Å². The van der Waals surface area contributed by atoms with Crippen molar-refractivity contribution in [2.75, 3.05) is 0 Å². The number of carbonyl (C=O) groups excluding carboxylic acids is 1. The fourth-order valence-corrected chi connectivity index (χ4v) is 3.30. The van der Waals surface area contributed by atoms with E-state index < -0.39 is 23.9 Å². The lowest BCUT2D eigenvalue weighted by Crippen LogP contribution is -2.20. The van der Waals surface area contributed by atoms with E-state index in [-0.39, 0.29) is 31.9 Å². The Balaban J connectivity index is 2.50. The Hall–Kier alpha value is -1.48. The number of rotatable bonds is 6. The highest BCUT2D eigenvalue weighted by atomic mass is 79.9. The Labute approximate surface area is 146 Å². The van der Waals surface area contributed by atoms with Crippen LogP contribution in [-0.4, -0.2) is 23.5 Å². The van der Waals surface area contributed by atoms with Gasteiger partial charge in [0, 0.05) is 11.3 Å². The Kier molecular flexibility index (Phi) is 5.41. The average molecular weight is 455 g/mol. The zero-order chi connectivity index (χ0) is 17.3. The average Bonchev–Trinajstić information content (AvgIpc) is 3.27. The van der Waals surface area contributed by atoms with E-state index in [2.05, 4.69) is 36.6 Å². The van der Waals surface area contributed by atoms with Gasteiger partial charge in [-0.2, -0.15) is 8.78 Å². The monoisotopic (exact) mass is 453 g/mol. The smallest absolute Gasteiger partial charge is 0.387 e. The molecule has 0 spiro atoms. The van der Waals surface area contributed by atoms with E-state index >= 15 is 0 Å². The van der Waals surface area contributed by atoms with E-state index in [0.717, 1.165) is 12.8 Å². The Bertz CT molecular complexity index is 702. The highest BCUT2D eigenvalue weighted by Gasteiger charge is 2.33. The van der Waals surface area contributed by atoms with Crippen LogP contribution in [0.3, 0.4) is 0 Å². The molecule has 0 heterocycles. The van der Waals surface area contributed by atoms with Crippen LogP contribution in [0.4, 0.5) is 8.78 Å². The summed E-state index contributed by atoms with van der Waals surface area (Å²) in [4.78, 5) is 23.9. The molecule has 1 aliphatic rings. The van der Waals surface area contributed by atoms with Gasteiger partial charge in [0.2, 0.25) is 5.78 Å². The topological polar surface area (TPSA) is 89.6 Å². The van der Waals surface area contributed by atoms with Crippen LogP contribution in [0.5, 0.6) is 5.75 Å². The largest absolute Gasteiger partial charge is 0.477 e. The minimum Gasteiger partial charge on any atom is -0.477 e. The van der Waals surface area contributed by atoms with Crippen LogP contribution in [-0.2, 0) is 4.79 Å². The van der Waals surface area contributed by atoms with Crippen LogP contribution in [0.1, 0.15) is 23.2 Å². The summed E-state index contributed by atoms with van der Waals surface area (Å²) in [5.74, 6) is -2.73. The van der Waals surface area contributed by atoms with Crippen LogP contribution in [0.2, 0.25) is 0 Å². The molecule has 0 saturated heterocycles. The van der Waals surface area contributed by atoms with Crippen molar-refractivity contribution >= 4 is 43.6 Å². The summed E-state index contributed by atoms with van der Waals surface area (Å²) in [5.41, 5.74) is 5.11. The highest BCUT2D eigenvalue weighted by molar-refractivity contribution is 9.11. The molecule has 23 heavy (non-hydrogen) atoms. The molecule has 1 aromatic carbocycles. The predicted molar refractivity (Wildman–Crippen MR) is 84.4 cm³/mol. The number of halogens is 4. The number of carboxylic acid groups (broad SMARTS) is 1. The molecule has 0 radical (unpaired) electrons. The third-order valence-electron chi connectivity index (χ3n) is 3.25. The van der Waals surface area contributed by atoms with E-state index in [9.17, 15) is 23.5 Å². The first-order chi connectivity index (χ1) is 10.7. The molecule has 1 saturated carbocycles. The van der Waals surface area contributed by atoms with Crippen LogP contribution in [0.15, 0.2) is 32.3 Å². The summed E-state index contributed by atoms with van der Waals surface area (Å²) >= 11 is 6.05. The van der Waals surface area contributed by atoms with Gasteiger partial charge < -0.3 is 15.6 Å². The van der Waals surface area contributed by atoms with Gasteiger partial charge in [0.05, 0.1) is 8.95 Å². The molecule has 1 aromatic rings. The van der Waals surface area contributed by atoms with E-state index in [0.29, 0.717) is 0 Å². The first kappa shape index (κ1) is 17.9. The third kappa shape index (κ3) is 3.89. The number of nitrogens with two attached hydrogens (primary N) is 1. The quantitative estimate of drug-likeness (QED) is 0.296. The first-order valence-corrected chi connectivity index (χ1v) is 8.03. The molecule has 3 N–H and O–H groups in total. The summed E-state index contributed by atoms with van der Waals surface area (Å²) in [5, 5.41) is 9.28. The Morgan fingerprint density at radius 1 is 1.30 bits per heavy atom. The standard InChI is InChI=1S/C14H11Br2F2NO4/c15-7-4-3-6(9(16)12(7)23-14(17)18)11(20)8(13(21)22)10(19)5-1-2-5/h3-5,14H,1-2,19H2,(H,21,22). The first-order valence-electron chi connectivity index (χ1n) is 6.44. The predicted octanol–water partition coefficient (Wildman–Crippen LogP) is 3.70. The van der Waals surface area contributed by atoms with Gasteiger partial charge in [-0.25, -0.2) is 4.79 Å². The maximum absolute atomic E-state index is 12.5. The Morgan fingerprint density at radius 3 is 2.39 bits per heavy atom. The van der Waals surface area contributed by atoms with Crippen molar-refractivity contribution in [3.05, 3.63) is 37.9 Å². The maximum atomic E-state index is 12.5. The number of aliphatic carboxylic acids is 1. The van der Waals surface area contributed by atoms with Crippen LogP contribution in [0, 0.1) is 5.92 Å². The normalized spacial score (nSPS) is 15.3. The fraction of sp³-hybridized carbons (Fsp3) is 0.286. The molecular weight excluding hydrogens is 444 g/mol. The molecule has 0 unspecified atom stereocenters. The van der Waals surface area contributed by atoms with Gasteiger partial charge in [0.15, 0.2) is 5.75 Å². The number of benzene rings is 1. The zero-order valence-electron chi connectivity index (χ0n) is 11.5. The third-order valence-corrected chi connectivity index (χ3v) is 4.66. The molecule has 1 aliphatic carbocycles. The van der Waals surface area contributed by atoms with Crippen LogP contribution in [0.25, 0.3) is 0 Å². The number of ether oxygens (including phenoxy) is 1. The molecule has 9 heteroatoms. The molecule has 2 rings (SSSR count). The number of hydrogen-bond acceptors (Lipinski definition) is 4. The van der Waals surface area contributed by atoms with Crippen molar-refractivity contribution in [1.82, 2.24) is 0 Å². The van der Waals surface area contributed by atoms with Crippen molar-refractivity contribution in [3.8, 4) is 5.75 Å². The van der Waals surface area contributed by atoms with Gasteiger partial charge in [0.25, 0.3) is 0 Å². The van der Waals surface area contributed by atoms with Gasteiger partial charge in [-0.15, -0.1) is 0 Å². The van der Waals surface area contributed by atoms with Gasteiger partial charge in [-0.3, -0.25) is 4.79 Å². The second kappa shape index (κ2) is 6.96. The van der Waals surface area contributed by atoms with E-state index in [1.165, 1.54) is 12.1 Å². The number of Topliss-reactive ketones (excluding diaryl/α,β-unsaturated/α-hetero) is 1. The van der Waals surface area contributed by atoms with Crippen LogP contribution >= 0.6 is 31.9 Å². The number of ketones is 1. The van der Waals surface area contributed by atoms with Crippen LogP contribution < -0.4 is 10.5 Å². The fourth-order valence-electron chi connectivity index (χ4n) is 1.99. The number of carboxylic acids is 1. The molecule has 0 amide bonds. The molecule has 0 bridgehead atoms. The van der Waals surface area contributed by atoms with Crippen molar-refractivity contribution in [2.24, 2.45) is 11.7 Å². The summed E-state index contributed by atoms with van der Waals surface area (Å²) in [6.45, 7) is -3.10. The van der Waals surface area contributed by atoms with Crippen molar-refractivity contribution in [3.63, 3.8) is 0 Å². The van der Waals surface area contributed by atoms with E-state index in [1.807, 2.05) is 0 Å². The molecule has 124 valence electrons. The molecular formula is C14H11Br2F2NO4. The zero-order valence-corrected chi connectivity index (χ0v) is 14.7. The van der Waals surface area contributed by atoms with E-state index in [1.54, 1.807) is 0 Å². The molecule has 0 aliphatic heterocycles. The molecule has 0 atom stereocenters. The van der Waals surface area contributed by atoms with Gasteiger partial charge >= 0.3 is 12.6 Å². The summed E-state index contributed by atoms with van der Waals surface area (Å²) < 4.78 is 29.4. The number of alkyl halides is 2. The lowest BCUT2D eigenvalue weighted by Gasteiger charge is -2.13. The van der Waals surface area contributed by atoms with Gasteiger partial charge in [-0.05, 0) is 62.8 Å². The SMILES string of the molecule is NC(=C(C(=O)O)C(=O)c1ccc(Br)c(OC(F)F)c1Br)C1CC1. The van der Waals surface area contributed by atoms with Crippen molar-refractivity contribution in [1.29, 1.82) is 0 Å². The minimum absolute atomic E-state index is 0.00801. The molecule has 5 nitrogen and oxygen atoms in total. The Morgan fingerprint density at radius 2 is 1.91 bits per heavy atom. The highest BCUT2D eigenvalue weighted by Crippen LogP contribution is 2.40. The van der Waals surface area contributed by atoms with Crippen molar-refractivity contribution < 1.29 is 28.2 Å². The second-order valence-electron chi connectivity index (χ2n) is 4.86. The summed E-state index contributed by atoms with van der Waals surface area (Å²) in [7, 11) is 0. The summed E-state index contributed by atoms with van der Waals surface area (Å²) in [6, 6.07) is 2.63. The van der Waals surface area contributed by atoms with Gasteiger partial charge in [-0.1, -0.05) is 0 Å². The lowest BCUT2D eigenvalue weighted by molar-refractivity contribution is -0.132.